The molecule has 0 saturated heterocycles. The molecule has 0 fully saturated rings. The molecule has 0 unspecified atom stereocenters. The maximum atomic E-state index is 14.4. The van der Waals surface area contributed by atoms with E-state index in [-0.39, 0.29) is 18.1 Å². The van der Waals surface area contributed by atoms with Crippen LogP contribution in [0.1, 0.15) is 37.0 Å². The lowest BCUT2D eigenvalue weighted by molar-refractivity contribution is 0.0519. The van der Waals surface area contributed by atoms with Gasteiger partial charge < -0.3 is 4.74 Å². The van der Waals surface area contributed by atoms with Gasteiger partial charge in [0.15, 0.2) is 11.3 Å². The molecular formula is C19H19BrFN3O2. The van der Waals surface area contributed by atoms with Crippen molar-refractivity contribution in [2.45, 2.75) is 27.2 Å². The first-order valence-electron chi connectivity index (χ1n) is 8.42. The molecule has 1 aromatic carbocycles. The standard InChI is InChI=1S/C19H19BrFN3O2/c1-4-26-19(25)16-9-12(8-11(2)3)24-17(22-16)10-15(23-24)13-6-5-7-14(20)18(13)21/h5-7,9-11H,4,8H2,1-3H3. The molecule has 0 amide bonds. The predicted molar refractivity (Wildman–Crippen MR) is 101 cm³/mol. The van der Waals surface area contributed by atoms with E-state index in [1.54, 1.807) is 41.8 Å². The van der Waals surface area contributed by atoms with Crippen molar-refractivity contribution in [1.29, 1.82) is 0 Å². The summed E-state index contributed by atoms with van der Waals surface area (Å²) in [4.78, 5) is 16.5. The summed E-state index contributed by atoms with van der Waals surface area (Å²) in [5, 5.41) is 4.53. The van der Waals surface area contributed by atoms with Crippen molar-refractivity contribution in [3.8, 4) is 11.3 Å². The molecule has 0 aliphatic rings. The van der Waals surface area contributed by atoms with E-state index < -0.39 is 5.97 Å². The van der Waals surface area contributed by atoms with Gasteiger partial charge in [-0.05, 0) is 53.4 Å². The fourth-order valence-electron chi connectivity index (χ4n) is 2.74. The minimum atomic E-state index is -0.476. The van der Waals surface area contributed by atoms with Crippen LogP contribution in [0.3, 0.4) is 0 Å². The molecule has 2 aromatic heterocycles. The number of hydrogen-bond acceptors (Lipinski definition) is 4. The third-order valence-electron chi connectivity index (χ3n) is 3.83. The molecule has 3 aromatic rings. The summed E-state index contributed by atoms with van der Waals surface area (Å²) in [6.45, 7) is 6.18. The summed E-state index contributed by atoms with van der Waals surface area (Å²) in [6, 6.07) is 8.42. The Labute approximate surface area is 159 Å². The van der Waals surface area contributed by atoms with Gasteiger partial charge >= 0.3 is 5.97 Å². The fourth-order valence-corrected chi connectivity index (χ4v) is 3.11. The Hall–Kier alpha value is -2.28. The van der Waals surface area contributed by atoms with Crippen LogP contribution in [-0.2, 0) is 11.2 Å². The third-order valence-corrected chi connectivity index (χ3v) is 4.44. The maximum absolute atomic E-state index is 14.4. The molecule has 0 bridgehead atoms. The smallest absolute Gasteiger partial charge is 0.357 e. The Morgan fingerprint density at radius 1 is 1.35 bits per heavy atom. The lowest BCUT2D eigenvalue weighted by Crippen LogP contribution is -2.12. The van der Waals surface area contributed by atoms with Crippen LogP contribution in [-0.4, -0.2) is 27.2 Å². The van der Waals surface area contributed by atoms with Gasteiger partial charge in [-0.1, -0.05) is 19.9 Å². The molecule has 0 saturated carbocycles. The van der Waals surface area contributed by atoms with E-state index in [9.17, 15) is 9.18 Å². The van der Waals surface area contributed by atoms with Crippen LogP contribution >= 0.6 is 15.9 Å². The average Bonchev–Trinajstić information content (AvgIpc) is 3.01. The van der Waals surface area contributed by atoms with Crippen LogP contribution in [0.25, 0.3) is 16.9 Å². The van der Waals surface area contributed by atoms with Crippen LogP contribution in [0.15, 0.2) is 34.8 Å². The number of ether oxygens (including phenoxy) is 1. The molecule has 136 valence electrons. The highest BCUT2D eigenvalue weighted by atomic mass is 79.9. The Balaban J connectivity index is 2.17. The highest BCUT2D eigenvalue weighted by Gasteiger charge is 2.18. The number of carbonyl (C=O) groups excluding carboxylic acids is 1. The van der Waals surface area contributed by atoms with E-state index in [0.29, 0.717) is 33.7 Å². The summed E-state index contributed by atoms with van der Waals surface area (Å²) in [6.07, 6.45) is 0.702. The summed E-state index contributed by atoms with van der Waals surface area (Å²) in [7, 11) is 0. The number of rotatable bonds is 5. The highest BCUT2D eigenvalue weighted by Crippen LogP contribution is 2.28. The molecule has 0 radical (unpaired) electrons. The van der Waals surface area contributed by atoms with Gasteiger partial charge in [0.2, 0.25) is 0 Å². The number of halogens is 2. The van der Waals surface area contributed by atoms with Crippen molar-refractivity contribution in [1.82, 2.24) is 14.6 Å². The number of aromatic nitrogens is 3. The van der Waals surface area contributed by atoms with Gasteiger partial charge in [-0.25, -0.2) is 18.7 Å². The van der Waals surface area contributed by atoms with Gasteiger partial charge in [0.1, 0.15) is 5.82 Å². The summed E-state index contributed by atoms with van der Waals surface area (Å²) in [5.41, 5.74) is 2.38. The summed E-state index contributed by atoms with van der Waals surface area (Å²) >= 11 is 3.20. The Morgan fingerprint density at radius 2 is 2.12 bits per heavy atom. The SMILES string of the molecule is CCOC(=O)c1cc(CC(C)C)n2nc(-c3cccc(Br)c3F)cc2n1. The Morgan fingerprint density at radius 3 is 2.81 bits per heavy atom. The van der Waals surface area contributed by atoms with E-state index in [1.165, 1.54) is 0 Å². The lowest BCUT2D eigenvalue weighted by Gasteiger charge is -2.09. The van der Waals surface area contributed by atoms with Crippen LogP contribution in [0.4, 0.5) is 4.39 Å². The second kappa shape index (κ2) is 7.53. The zero-order valence-electron chi connectivity index (χ0n) is 14.8. The number of fused-ring (bicyclic) bond motifs is 1. The van der Waals surface area contributed by atoms with E-state index in [2.05, 4.69) is 39.9 Å². The predicted octanol–water partition coefficient (Wildman–Crippen LogP) is 4.67. The molecule has 0 spiro atoms. The molecule has 26 heavy (non-hydrogen) atoms. The lowest BCUT2D eigenvalue weighted by atomic mass is 10.1. The van der Waals surface area contributed by atoms with Crippen molar-refractivity contribution in [3.63, 3.8) is 0 Å². The molecular weight excluding hydrogens is 401 g/mol. The van der Waals surface area contributed by atoms with E-state index in [4.69, 9.17) is 4.74 Å². The van der Waals surface area contributed by atoms with Gasteiger partial charge in [-0.2, -0.15) is 5.10 Å². The normalized spacial score (nSPS) is 11.3. The first kappa shape index (κ1) is 18.5. The van der Waals surface area contributed by atoms with Crippen molar-refractivity contribution >= 4 is 27.5 Å². The Bertz CT molecular complexity index is 969. The summed E-state index contributed by atoms with van der Waals surface area (Å²) < 4.78 is 21.5. The van der Waals surface area contributed by atoms with Crippen LogP contribution < -0.4 is 0 Å². The molecule has 0 atom stereocenters. The number of benzene rings is 1. The van der Waals surface area contributed by atoms with Crippen LogP contribution in [0, 0.1) is 11.7 Å². The monoisotopic (exact) mass is 419 g/mol. The Kier molecular flexibility index (Phi) is 5.36. The molecule has 2 heterocycles. The first-order valence-corrected chi connectivity index (χ1v) is 9.21. The third kappa shape index (κ3) is 3.62. The average molecular weight is 420 g/mol. The topological polar surface area (TPSA) is 56.5 Å². The van der Waals surface area contributed by atoms with E-state index >= 15 is 0 Å². The second-order valence-corrected chi connectivity index (χ2v) is 7.21. The van der Waals surface area contributed by atoms with Gasteiger partial charge in [-0.15, -0.1) is 0 Å². The first-order chi connectivity index (χ1) is 12.4. The number of carbonyl (C=O) groups is 1. The van der Waals surface area contributed by atoms with Gasteiger partial charge in [0.25, 0.3) is 0 Å². The van der Waals surface area contributed by atoms with Gasteiger partial charge in [-0.3, -0.25) is 0 Å². The van der Waals surface area contributed by atoms with Crippen molar-refractivity contribution in [2.75, 3.05) is 6.61 Å². The minimum Gasteiger partial charge on any atom is -0.461 e. The molecule has 0 aliphatic heterocycles. The minimum absolute atomic E-state index is 0.233. The molecule has 0 N–H and O–H groups in total. The zero-order valence-corrected chi connectivity index (χ0v) is 16.4. The van der Waals surface area contributed by atoms with Crippen molar-refractivity contribution in [3.05, 3.63) is 52.0 Å². The van der Waals surface area contributed by atoms with E-state index in [1.807, 2.05) is 0 Å². The maximum Gasteiger partial charge on any atom is 0.357 e. The molecule has 5 nitrogen and oxygen atoms in total. The van der Waals surface area contributed by atoms with Crippen LogP contribution in [0.2, 0.25) is 0 Å². The number of esters is 1. The summed E-state index contributed by atoms with van der Waals surface area (Å²) in [5.74, 6) is -0.505. The van der Waals surface area contributed by atoms with Gasteiger partial charge in [0, 0.05) is 17.3 Å². The fraction of sp³-hybridized carbons (Fsp3) is 0.316. The number of hydrogen-bond donors (Lipinski definition) is 0. The second-order valence-electron chi connectivity index (χ2n) is 6.35. The molecule has 0 aliphatic carbocycles. The quantitative estimate of drug-likeness (QED) is 0.563. The number of nitrogens with zero attached hydrogens (tertiary/aromatic N) is 3. The van der Waals surface area contributed by atoms with Gasteiger partial charge in [0.05, 0.1) is 16.8 Å². The van der Waals surface area contributed by atoms with E-state index in [0.717, 1.165) is 5.69 Å². The molecule has 7 heteroatoms. The van der Waals surface area contributed by atoms with Crippen molar-refractivity contribution in [2.24, 2.45) is 5.92 Å². The molecule has 3 rings (SSSR count). The zero-order chi connectivity index (χ0) is 18.8. The van der Waals surface area contributed by atoms with Crippen LogP contribution in [0.5, 0.6) is 0 Å². The largest absolute Gasteiger partial charge is 0.461 e. The highest BCUT2D eigenvalue weighted by molar-refractivity contribution is 9.10. The van der Waals surface area contributed by atoms with Crippen molar-refractivity contribution < 1.29 is 13.9 Å².